The van der Waals surface area contributed by atoms with Gasteiger partial charge in [-0.1, -0.05) is 154 Å². The molecule has 2 atom stereocenters. The molecule has 0 aromatic rings. The molecule has 0 radical (unpaired) electrons. The van der Waals surface area contributed by atoms with Crippen LogP contribution in [0.4, 0.5) is 0 Å². The highest BCUT2D eigenvalue weighted by Crippen LogP contribution is 2.38. The van der Waals surface area contributed by atoms with Gasteiger partial charge in [0.05, 0.1) is 12.7 Å². The maximum absolute atomic E-state index is 12.6. The first-order valence-corrected chi connectivity index (χ1v) is 24.3. The summed E-state index contributed by atoms with van der Waals surface area (Å²) in [4.78, 5) is 11.5. The van der Waals surface area contributed by atoms with Gasteiger partial charge in [0.1, 0.15) is 12.1 Å². The minimum atomic E-state index is -2.86. The van der Waals surface area contributed by atoms with E-state index in [1.54, 1.807) is 13.1 Å². The van der Waals surface area contributed by atoms with Crippen LogP contribution in [0.2, 0.25) is 0 Å². The van der Waals surface area contributed by atoms with E-state index in [4.69, 9.17) is 15.6 Å². The Morgan fingerprint density at radius 1 is 0.917 bits per heavy atom. The first-order valence-electron chi connectivity index (χ1n) is 22.4. The molecule has 0 aromatic carbocycles. The van der Waals surface area contributed by atoms with Crippen molar-refractivity contribution >= 4 is 13.2 Å². The summed E-state index contributed by atoms with van der Waals surface area (Å²) < 4.78 is 18.4. The Morgan fingerprint density at radius 3 is 1.90 bits per heavy atom. The third kappa shape index (κ3) is 36.8. The summed E-state index contributed by atoms with van der Waals surface area (Å²) in [6.07, 6.45) is 29.5. The van der Waals surface area contributed by atoms with E-state index in [9.17, 15) is 9.36 Å². The average molecular weight is 856 g/mol. The van der Waals surface area contributed by atoms with Crippen molar-refractivity contribution in [2.75, 3.05) is 26.5 Å². The number of carbonyl (C=O) groups excluding carboxylic acids is 1. The first kappa shape index (κ1) is 63.6. The lowest BCUT2D eigenvalue weighted by Gasteiger charge is -2.20. The molecule has 0 aromatic heterocycles. The van der Waals surface area contributed by atoms with Crippen LogP contribution in [0.5, 0.6) is 0 Å². The Labute approximate surface area is 371 Å². The number of Topliss-reactive ketones (excluding diaryl/α,β-unsaturated/α-hetero) is 1. The molecule has 0 bridgehead atoms. The molecule has 0 heterocycles. The van der Waals surface area contributed by atoms with Gasteiger partial charge in [-0.25, -0.2) is 0 Å². The molecular weight excluding hydrogens is 762 g/mol. The predicted molar refractivity (Wildman–Crippen MR) is 269 cm³/mol. The number of carbonyl (C=O) groups is 1. The van der Waals surface area contributed by atoms with Crippen LogP contribution >= 0.6 is 7.44 Å². The molecule has 1 aliphatic rings. The van der Waals surface area contributed by atoms with Crippen LogP contribution in [0.15, 0.2) is 119 Å². The largest absolute Gasteiger partial charge is 0.399 e. The van der Waals surface area contributed by atoms with E-state index in [1.807, 2.05) is 58.1 Å². The molecule has 0 amide bonds. The number of aliphatic hydroxyl groups excluding tert-OH is 1. The molecule has 0 fully saturated rings. The lowest BCUT2D eigenvalue weighted by molar-refractivity contribution is -0.119. The second-order valence-electron chi connectivity index (χ2n) is 16.0. The van der Waals surface area contributed by atoms with Crippen molar-refractivity contribution in [1.82, 2.24) is 10.2 Å². The van der Waals surface area contributed by atoms with Crippen molar-refractivity contribution in [3.8, 4) is 0 Å². The van der Waals surface area contributed by atoms with Gasteiger partial charge in [0, 0.05) is 25.1 Å². The van der Waals surface area contributed by atoms with Gasteiger partial charge in [-0.15, -0.1) is 0 Å². The van der Waals surface area contributed by atoms with Crippen molar-refractivity contribution < 1.29 is 19.2 Å². The Bertz CT molecular complexity index is 1450. The molecule has 5 N–H and O–H groups in total. The Balaban J connectivity index is -0.000000431. The number of allylic oxidation sites excluding steroid dienone is 16. The van der Waals surface area contributed by atoms with Crippen LogP contribution < -0.4 is 15.9 Å². The van der Waals surface area contributed by atoms with E-state index in [1.165, 1.54) is 28.7 Å². The summed E-state index contributed by atoms with van der Waals surface area (Å²) >= 11 is 0. The van der Waals surface area contributed by atoms with Crippen molar-refractivity contribution in [1.29, 1.82) is 0 Å². The topological polar surface area (TPSA) is 114 Å². The second-order valence-corrected chi connectivity index (χ2v) is 18.5. The molecule has 60 heavy (non-hydrogen) atoms. The zero-order valence-corrected chi connectivity index (χ0v) is 42.4. The van der Waals surface area contributed by atoms with Crippen LogP contribution in [-0.2, 0) is 14.1 Å². The first-order chi connectivity index (χ1) is 28.3. The summed E-state index contributed by atoms with van der Waals surface area (Å²) in [6, 6.07) is 0. The van der Waals surface area contributed by atoms with Crippen molar-refractivity contribution in [3.05, 3.63) is 119 Å². The molecule has 8 heteroatoms. The molecule has 0 spiro atoms. The smallest absolute Gasteiger partial charge is 0.236 e. The maximum atomic E-state index is 12.6. The number of aliphatic hydroxyl groups is 1. The van der Waals surface area contributed by atoms with Gasteiger partial charge >= 0.3 is 0 Å². The maximum Gasteiger partial charge on any atom is 0.236 e. The average Bonchev–Trinajstić information content (AvgIpc) is 3.59. The van der Waals surface area contributed by atoms with Crippen molar-refractivity contribution in [2.24, 2.45) is 23.5 Å². The number of ketones is 1. The number of ether oxygens (including phenoxy) is 1. The minimum absolute atomic E-state index is 0.0566. The molecule has 1 rings (SSSR count). The highest BCUT2D eigenvalue weighted by atomic mass is 31.2. The van der Waals surface area contributed by atoms with E-state index >= 15 is 0 Å². The fourth-order valence-electron chi connectivity index (χ4n) is 5.19. The second kappa shape index (κ2) is 41.3. The zero-order valence-electron chi connectivity index (χ0n) is 41.5. The summed E-state index contributed by atoms with van der Waals surface area (Å²) in [7, 11) is -1.23. The molecule has 7 nitrogen and oxygen atoms in total. The number of hydrogen-bond donors (Lipinski definition) is 4. The Morgan fingerprint density at radius 2 is 1.50 bits per heavy atom. The van der Waals surface area contributed by atoms with Crippen LogP contribution in [0.1, 0.15) is 155 Å². The van der Waals surface area contributed by atoms with Gasteiger partial charge in [0.15, 0.2) is 0 Å². The lowest BCUT2D eigenvalue weighted by atomic mass is 9.96. The number of nitrogens with two attached hydrogens (primary N) is 1. The van der Waals surface area contributed by atoms with Gasteiger partial charge in [-0.3, -0.25) is 19.5 Å². The fraction of sp³-hybridized carbons (Fsp3) is 0.596. The lowest BCUT2D eigenvalue weighted by Crippen LogP contribution is -2.26. The molecule has 346 valence electrons. The van der Waals surface area contributed by atoms with Crippen LogP contribution in [-0.4, -0.2) is 43.5 Å². The summed E-state index contributed by atoms with van der Waals surface area (Å²) in [5.74, 6) is 2.04. The Hall–Kier alpha value is -3.06. The molecule has 1 aliphatic carbocycles. The highest BCUT2D eigenvalue weighted by Gasteiger charge is 2.21. The summed E-state index contributed by atoms with van der Waals surface area (Å²) in [5, 5.41) is 14.5. The SMILES string of the molecule is C/C=C/C.C/C=C\CC.C=C/C(=C\C=C/CC)CCC(=O)CC(C)C.C=C/C(N)=C(\C=C1/CC(C)=C(/C(C)=C\C(C)OCP(=O)(NC)NCCO)C1)C(C)C.CCC(C)C. The van der Waals surface area contributed by atoms with Crippen LogP contribution in [0, 0.1) is 17.8 Å². The predicted octanol–water partition coefficient (Wildman–Crippen LogP) is 14.4. The molecule has 0 saturated carbocycles. The third-order valence-electron chi connectivity index (χ3n) is 9.16. The van der Waals surface area contributed by atoms with Gasteiger partial charge in [0.25, 0.3) is 0 Å². The molecule has 2 unspecified atom stereocenters. The van der Waals surface area contributed by atoms with E-state index in [0.717, 1.165) is 54.9 Å². The normalized spacial score (nSPS) is 15.8. The van der Waals surface area contributed by atoms with Gasteiger partial charge in [0.2, 0.25) is 7.44 Å². The molecule has 0 saturated heterocycles. The zero-order chi connectivity index (χ0) is 47.1. The standard InChI is InChI=1S/C23H40N3O3P.C15H24O.C5H12.C5H10.C4H8/c1-8-23(24)21(16(2)3)13-20-12-18(5)22(14-20)17(4)11-19(6)29-15-30(28,25-7)26-9-10-27;1-5-7-8-9-14(6-2)10-11-15(16)12-13(3)4;1-4-5(2)3;1-3-5-4-2;1-3-4-2/h8,11,13,16,19,27H,1,9-10,12,14-15,24H2,2-7H3,(H2,25,26,28);6-9,13H,2,5,10-12H2,1,3-4H3;5H,4H2,1-3H3;3,5H,4H2,1-2H3;3-4H,1-2H3/b17-11-,20-13+,23-21-;8-7-,14-9+;;5-3-;4-3+. The van der Waals surface area contributed by atoms with E-state index in [0.29, 0.717) is 30.5 Å². The third-order valence-corrected chi connectivity index (χ3v) is 11.1. The number of nitrogens with one attached hydrogen (secondary N) is 2. The molecular formula is C52H94N3O4P. The minimum Gasteiger partial charge on any atom is -0.399 e. The van der Waals surface area contributed by atoms with Crippen LogP contribution in [0.25, 0.3) is 0 Å². The van der Waals surface area contributed by atoms with E-state index in [-0.39, 0.29) is 25.6 Å². The van der Waals surface area contributed by atoms with Gasteiger partial charge in [-0.2, -0.15) is 0 Å². The highest BCUT2D eigenvalue weighted by molar-refractivity contribution is 7.59. The Kier molecular flexibility index (Phi) is 43.8. The fourth-order valence-corrected chi connectivity index (χ4v) is 6.47. The number of hydrogen-bond acceptors (Lipinski definition) is 5. The molecule has 0 aliphatic heterocycles. The van der Waals surface area contributed by atoms with Crippen molar-refractivity contribution in [3.63, 3.8) is 0 Å². The quantitative estimate of drug-likeness (QED) is 0.0487. The van der Waals surface area contributed by atoms with E-state index in [2.05, 4.69) is 130 Å². The number of rotatable bonds is 22. The van der Waals surface area contributed by atoms with Gasteiger partial charge in [-0.05, 0) is 127 Å². The van der Waals surface area contributed by atoms with Crippen LogP contribution in [0.3, 0.4) is 0 Å². The summed E-state index contributed by atoms with van der Waals surface area (Å²) in [6.45, 7) is 39.3. The summed E-state index contributed by atoms with van der Waals surface area (Å²) in [5.41, 5.74) is 14.3. The van der Waals surface area contributed by atoms with Gasteiger partial charge < -0.3 is 15.6 Å². The van der Waals surface area contributed by atoms with E-state index < -0.39 is 7.44 Å². The van der Waals surface area contributed by atoms with Crippen molar-refractivity contribution in [2.45, 2.75) is 161 Å². The monoisotopic (exact) mass is 856 g/mol.